The molecule has 15 heavy (non-hydrogen) atoms. The molecule has 2 rings (SSSR count). The quantitative estimate of drug-likeness (QED) is 0.358. The SMILES string of the molecule is N=C(N)C(S)Cc1nc2ccccc2[nH]1. The first-order valence-electron chi connectivity index (χ1n) is 4.62. The van der Waals surface area contributed by atoms with Gasteiger partial charge in [0.05, 0.1) is 16.3 Å². The van der Waals surface area contributed by atoms with E-state index in [2.05, 4.69) is 22.6 Å². The number of nitrogens with one attached hydrogen (secondary N) is 2. The van der Waals surface area contributed by atoms with E-state index in [4.69, 9.17) is 11.1 Å². The summed E-state index contributed by atoms with van der Waals surface area (Å²) in [7, 11) is 0. The van der Waals surface area contributed by atoms with Gasteiger partial charge in [0.1, 0.15) is 11.7 Å². The molecule has 0 spiro atoms. The number of amidine groups is 1. The van der Waals surface area contributed by atoms with Crippen LogP contribution in [0.1, 0.15) is 5.82 Å². The third kappa shape index (κ3) is 2.12. The van der Waals surface area contributed by atoms with Crippen molar-refractivity contribution in [1.82, 2.24) is 9.97 Å². The summed E-state index contributed by atoms with van der Waals surface area (Å²) in [5.74, 6) is 0.880. The van der Waals surface area contributed by atoms with E-state index in [1.807, 2.05) is 24.3 Å². The second-order valence-electron chi connectivity index (χ2n) is 3.38. The maximum atomic E-state index is 7.24. The van der Waals surface area contributed by atoms with Crippen molar-refractivity contribution in [3.63, 3.8) is 0 Å². The minimum absolute atomic E-state index is 0.0683. The van der Waals surface area contributed by atoms with Crippen LogP contribution < -0.4 is 5.73 Å². The van der Waals surface area contributed by atoms with Crippen molar-refractivity contribution >= 4 is 29.5 Å². The van der Waals surface area contributed by atoms with Gasteiger partial charge < -0.3 is 10.7 Å². The molecule has 78 valence electrons. The Balaban J connectivity index is 2.26. The molecule has 1 aromatic carbocycles. The number of fused-ring (bicyclic) bond motifs is 1. The second kappa shape index (κ2) is 3.94. The maximum Gasteiger partial charge on any atom is 0.108 e. The number of H-pyrrole nitrogens is 1. The number of hydrogen-bond donors (Lipinski definition) is 4. The summed E-state index contributed by atoms with van der Waals surface area (Å²) in [6.07, 6.45) is 0.549. The molecule has 0 aliphatic heterocycles. The number of nitrogens with zero attached hydrogens (tertiary/aromatic N) is 1. The predicted octanol–water partition coefficient (Wildman–Crippen LogP) is 1.34. The molecule has 0 radical (unpaired) electrons. The number of aromatic amines is 1. The van der Waals surface area contributed by atoms with Crippen LogP contribution in [0.3, 0.4) is 0 Å². The molecule has 0 bridgehead atoms. The lowest BCUT2D eigenvalue weighted by Gasteiger charge is -2.04. The fourth-order valence-corrected chi connectivity index (χ4v) is 1.57. The van der Waals surface area contributed by atoms with E-state index < -0.39 is 0 Å². The Hall–Kier alpha value is -1.49. The van der Waals surface area contributed by atoms with Gasteiger partial charge in [0.25, 0.3) is 0 Å². The van der Waals surface area contributed by atoms with E-state index >= 15 is 0 Å². The van der Waals surface area contributed by atoms with Gasteiger partial charge in [-0.15, -0.1) is 0 Å². The smallest absolute Gasteiger partial charge is 0.108 e. The normalized spacial score (nSPS) is 12.9. The zero-order chi connectivity index (χ0) is 10.8. The lowest BCUT2D eigenvalue weighted by atomic mass is 10.3. The molecule has 0 saturated heterocycles. The molecular weight excluding hydrogens is 208 g/mol. The van der Waals surface area contributed by atoms with Gasteiger partial charge in [0, 0.05) is 6.42 Å². The van der Waals surface area contributed by atoms with Crippen molar-refractivity contribution in [3.8, 4) is 0 Å². The number of aromatic nitrogens is 2. The van der Waals surface area contributed by atoms with E-state index in [0.29, 0.717) is 6.42 Å². The molecule has 4 nitrogen and oxygen atoms in total. The minimum atomic E-state index is -0.273. The Morgan fingerprint density at radius 2 is 2.27 bits per heavy atom. The highest BCUT2D eigenvalue weighted by Crippen LogP contribution is 2.12. The molecule has 0 saturated carbocycles. The van der Waals surface area contributed by atoms with Crippen LogP contribution in [0, 0.1) is 5.41 Å². The van der Waals surface area contributed by atoms with E-state index in [1.54, 1.807) is 0 Å². The summed E-state index contributed by atoms with van der Waals surface area (Å²) in [6.45, 7) is 0. The van der Waals surface area contributed by atoms with Crippen LogP contribution in [0.25, 0.3) is 11.0 Å². The molecule has 4 N–H and O–H groups in total. The Morgan fingerprint density at radius 3 is 2.93 bits per heavy atom. The Bertz CT molecular complexity index is 458. The van der Waals surface area contributed by atoms with E-state index in [-0.39, 0.29) is 11.1 Å². The van der Waals surface area contributed by atoms with Gasteiger partial charge in [-0.05, 0) is 12.1 Å². The van der Waals surface area contributed by atoms with E-state index in [1.165, 1.54) is 0 Å². The van der Waals surface area contributed by atoms with Gasteiger partial charge in [0.15, 0.2) is 0 Å². The second-order valence-corrected chi connectivity index (χ2v) is 4.00. The fraction of sp³-hybridized carbons (Fsp3) is 0.200. The highest BCUT2D eigenvalue weighted by molar-refractivity contribution is 7.81. The van der Waals surface area contributed by atoms with Gasteiger partial charge in [-0.2, -0.15) is 12.6 Å². The molecule has 1 aromatic heterocycles. The maximum absolute atomic E-state index is 7.24. The van der Waals surface area contributed by atoms with E-state index in [0.717, 1.165) is 16.9 Å². The van der Waals surface area contributed by atoms with Gasteiger partial charge in [0.2, 0.25) is 0 Å². The van der Waals surface area contributed by atoms with Crippen molar-refractivity contribution in [3.05, 3.63) is 30.1 Å². The lowest BCUT2D eigenvalue weighted by molar-refractivity contribution is 0.947. The lowest BCUT2D eigenvalue weighted by Crippen LogP contribution is -2.25. The van der Waals surface area contributed by atoms with Crippen LogP contribution in [0.15, 0.2) is 24.3 Å². The van der Waals surface area contributed by atoms with Crippen LogP contribution in [0.4, 0.5) is 0 Å². The first-order chi connectivity index (χ1) is 7.16. The number of rotatable bonds is 3. The summed E-state index contributed by atoms with van der Waals surface area (Å²) in [5, 5.41) is 6.97. The number of imidazole rings is 1. The van der Waals surface area contributed by atoms with Crippen molar-refractivity contribution in [2.45, 2.75) is 11.7 Å². The average Bonchev–Trinajstić information content (AvgIpc) is 2.59. The predicted molar refractivity (Wildman–Crippen MR) is 64.5 cm³/mol. The highest BCUT2D eigenvalue weighted by Gasteiger charge is 2.10. The minimum Gasteiger partial charge on any atom is -0.387 e. The molecular formula is C10H12N4S. The van der Waals surface area contributed by atoms with Gasteiger partial charge in [-0.1, -0.05) is 12.1 Å². The molecule has 0 amide bonds. The summed E-state index contributed by atoms with van der Waals surface area (Å²) < 4.78 is 0. The number of benzene rings is 1. The third-order valence-corrected chi connectivity index (χ3v) is 2.64. The number of para-hydroxylation sites is 2. The van der Waals surface area contributed by atoms with Crippen molar-refractivity contribution in [2.24, 2.45) is 5.73 Å². The zero-order valence-electron chi connectivity index (χ0n) is 8.07. The molecule has 1 heterocycles. The number of nitrogens with two attached hydrogens (primary N) is 1. The van der Waals surface area contributed by atoms with Crippen LogP contribution in [0.2, 0.25) is 0 Å². The summed E-state index contributed by atoms with van der Waals surface area (Å²) in [5.41, 5.74) is 7.27. The largest absolute Gasteiger partial charge is 0.387 e. The standard InChI is InChI=1S/C10H12N4S/c11-10(12)8(15)5-9-13-6-3-1-2-4-7(6)14-9/h1-4,8,15H,5H2,(H3,11,12)(H,13,14). The molecule has 1 unspecified atom stereocenters. The summed E-state index contributed by atoms with van der Waals surface area (Å²) in [4.78, 5) is 7.55. The van der Waals surface area contributed by atoms with Gasteiger partial charge in [-0.25, -0.2) is 4.98 Å². The Kier molecular flexibility index (Phi) is 2.64. The first-order valence-corrected chi connectivity index (χ1v) is 5.14. The fourth-order valence-electron chi connectivity index (χ4n) is 1.40. The van der Waals surface area contributed by atoms with Crippen LogP contribution in [-0.4, -0.2) is 21.1 Å². The molecule has 1 atom stereocenters. The van der Waals surface area contributed by atoms with Gasteiger partial charge >= 0.3 is 0 Å². The van der Waals surface area contributed by atoms with Gasteiger partial charge in [-0.3, -0.25) is 5.41 Å². The van der Waals surface area contributed by atoms with Crippen LogP contribution in [0.5, 0.6) is 0 Å². The summed E-state index contributed by atoms with van der Waals surface area (Å²) >= 11 is 4.21. The highest BCUT2D eigenvalue weighted by atomic mass is 32.1. The first kappa shape index (κ1) is 10.0. The molecule has 0 fully saturated rings. The third-order valence-electron chi connectivity index (χ3n) is 2.18. The Labute approximate surface area is 92.8 Å². The monoisotopic (exact) mass is 220 g/mol. The molecule has 0 aliphatic rings. The molecule has 5 heteroatoms. The Morgan fingerprint density at radius 1 is 1.53 bits per heavy atom. The number of hydrogen-bond acceptors (Lipinski definition) is 3. The number of thiol groups is 1. The van der Waals surface area contributed by atoms with Crippen LogP contribution in [-0.2, 0) is 6.42 Å². The summed E-state index contributed by atoms with van der Waals surface area (Å²) in [6, 6.07) is 7.80. The average molecular weight is 220 g/mol. The molecule has 0 aliphatic carbocycles. The topological polar surface area (TPSA) is 78.6 Å². The van der Waals surface area contributed by atoms with E-state index in [9.17, 15) is 0 Å². The van der Waals surface area contributed by atoms with Crippen molar-refractivity contribution in [1.29, 1.82) is 5.41 Å². The molecule has 2 aromatic rings. The zero-order valence-corrected chi connectivity index (χ0v) is 8.96. The van der Waals surface area contributed by atoms with Crippen molar-refractivity contribution in [2.75, 3.05) is 0 Å². The van der Waals surface area contributed by atoms with Crippen molar-refractivity contribution < 1.29 is 0 Å². The van der Waals surface area contributed by atoms with Crippen LogP contribution >= 0.6 is 12.6 Å².